The van der Waals surface area contributed by atoms with Crippen molar-refractivity contribution in [3.63, 3.8) is 0 Å². The van der Waals surface area contributed by atoms with Crippen molar-refractivity contribution in [3.8, 4) is 0 Å². The van der Waals surface area contributed by atoms with Crippen LogP contribution in [0, 0.1) is 5.92 Å². The highest BCUT2D eigenvalue weighted by molar-refractivity contribution is 5.80. The highest BCUT2D eigenvalue weighted by Crippen LogP contribution is 2.40. The molecule has 18 heavy (non-hydrogen) atoms. The Labute approximate surface area is 108 Å². The molecular formula is C13H23NO4. The first-order valence-electron chi connectivity index (χ1n) is 6.80. The number of ether oxygens (including phenoxy) is 2. The van der Waals surface area contributed by atoms with E-state index in [9.17, 15) is 9.90 Å². The van der Waals surface area contributed by atoms with E-state index in [-0.39, 0.29) is 18.6 Å². The highest BCUT2D eigenvalue weighted by Gasteiger charge is 2.50. The third kappa shape index (κ3) is 3.02. The van der Waals surface area contributed by atoms with Gasteiger partial charge in [0.05, 0.1) is 19.3 Å². The van der Waals surface area contributed by atoms with Crippen molar-refractivity contribution in [2.45, 2.75) is 43.7 Å². The van der Waals surface area contributed by atoms with Crippen LogP contribution in [0.4, 0.5) is 0 Å². The summed E-state index contributed by atoms with van der Waals surface area (Å²) in [5.74, 6) is -0.607. The second-order valence-electron chi connectivity index (χ2n) is 5.30. The van der Waals surface area contributed by atoms with Crippen LogP contribution in [-0.2, 0) is 14.3 Å². The van der Waals surface area contributed by atoms with Gasteiger partial charge in [0, 0.05) is 6.61 Å². The van der Waals surface area contributed by atoms with E-state index >= 15 is 0 Å². The summed E-state index contributed by atoms with van der Waals surface area (Å²) < 4.78 is 11.2. The number of likely N-dealkylation sites (N-methyl/N-ethyl adjacent to an activating group) is 1. The van der Waals surface area contributed by atoms with Gasteiger partial charge in [0.2, 0.25) is 0 Å². The average Bonchev–Trinajstić information content (AvgIpc) is 3.20. The zero-order valence-electron chi connectivity index (χ0n) is 11.0. The summed E-state index contributed by atoms with van der Waals surface area (Å²) in [6, 6.07) is 0. The lowest BCUT2D eigenvalue weighted by atomic mass is 9.94. The van der Waals surface area contributed by atoms with Gasteiger partial charge in [-0.05, 0) is 45.1 Å². The van der Waals surface area contributed by atoms with Gasteiger partial charge >= 0.3 is 5.97 Å². The molecule has 0 aromatic heterocycles. The maximum absolute atomic E-state index is 11.4. The summed E-state index contributed by atoms with van der Waals surface area (Å²) in [5.41, 5.74) is -0.908. The molecular weight excluding hydrogens is 234 g/mol. The van der Waals surface area contributed by atoms with E-state index in [1.807, 2.05) is 0 Å². The van der Waals surface area contributed by atoms with Crippen LogP contribution < -0.4 is 5.32 Å². The second-order valence-corrected chi connectivity index (χ2v) is 5.30. The summed E-state index contributed by atoms with van der Waals surface area (Å²) in [5, 5.41) is 12.3. The Hall–Kier alpha value is -0.650. The van der Waals surface area contributed by atoms with Crippen molar-refractivity contribution < 1.29 is 19.4 Å². The number of nitrogens with one attached hydrogen (secondary N) is 1. The molecule has 0 amide bonds. The van der Waals surface area contributed by atoms with Crippen LogP contribution in [0.15, 0.2) is 0 Å². The molecule has 1 aliphatic carbocycles. The van der Waals surface area contributed by atoms with Crippen LogP contribution in [0.25, 0.3) is 0 Å². The topological polar surface area (TPSA) is 67.8 Å². The van der Waals surface area contributed by atoms with E-state index in [0.29, 0.717) is 6.61 Å². The number of aliphatic carboxylic acids is 1. The lowest BCUT2D eigenvalue weighted by molar-refractivity contribution is -0.150. The quantitative estimate of drug-likeness (QED) is 0.713. The van der Waals surface area contributed by atoms with Gasteiger partial charge in [-0.2, -0.15) is 0 Å². The maximum Gasteiger partial charge on any atom is 0.326 e. The average molecular weight is 257 g/mol. The van der Waals surface area contributed by atoms with E-state index < -0.39 is 11.5 Å². The Bertz CT molecular complexity index is 287. The van der Waals surface area contributed by atoms with Crippen molar-refractivity contribution in [1.29, 1.82) is 0 Å². The molecule has 1 saturated carbocycles. The fourth-order valence-corrected chi connectivity index (χ4v) is 2.60. The molecule has 2 N–H and O–H groups in total. The van der Waals surface area contributed by atoms with Crippen molar-refractivity contribution in [1.82, 2.24) is 5.32 Å². The number of hydrogen-bond acceptors (Lipinski definition) is 4. The molecule has 0 aromatic rings. The molecule has 5 heteroatoms. The fourth-order valence-electron chi connectivity index (χ4n) is 2.60. The molecule has 1 aliphatic heterocycles. The Balaban J connectivity index is 1.80. The number of rotatable bonds is 7. The summed E-state index contributed by atoms with van der Waals surface area (Å²) in [4.78, 5) is 11.4. The van der Waals surface area contributed by atoms with Crippen molar-refractivity contribution >= 4 is 5.97 Å². The highest BCUT2D eigenvalue weighted by atomic mass is 16.5. The minimum Gasteiger partial charge on any atom is -0.480 e. The smallest absolute Gasteiger partial charge is 0.326 e. The molecule has 2 unspecified atom stereocenters. The first kappa shape index (κ1) is 13.8. The minimum absolute atomic E-state index is 0.140. The molecule has 1 heterocycles. The lowest BCUT2D eigenvalue weighted by Gasteiger charge is -2.30. The molecule has 2 atom stereocenters. The van der Waals surface area contributed by atoms with Gasteiger partial charge in [-0.3, -0.25) is 4.79 Å². The standard InChI is InChI=1S/C13H23NO4/c1-14-13(12(15)16,10-5-6-10)9-17-8-11-4-2-3-7-18-11/h10-11,14H,2-9H2,1H3,(H,15,16). The van der Waals surface area contributed by atoms with Gasteiger partial charge < -0.3 is 19.9 Å². The largest absolute Gasteiger partial charge is 0.480 e. The Kier molecular flexibility index (Phi) is 4.59. The van der Waals surface area contributed by atoms with Crippen LogP contribution in [0.2, 0.25) is 0 Å². The minimum atomic E-state index is -0.908. The van der Waals surface area contributed by atoms with Gasteiger partial charge in [-0.15, -0.1) is 0 Å². The summed E-state index contributed by atoms with van der Waals surface area (Å²) in [6.45, 7) is 1.53. The molecule has 5 nitrogen and oxygen atoms in total. The first-order chi connectivity index (χ1) is 8.69. The molecule has 104 valence electrons. The third-order valence-corrected chi connectivity index (χ3v) is 4.01. The summed E-state index contributed by atoms with van der Waals surface area (Å²) >= 11 is 0. The zero-order chi connectivity index (χ0) is 13.0. The SMILES string of the molecule is CNC(COCC1CCCCO1)(C(=O)O)C1CC1. The first-order valence-corrected chi connectivity index (χ1v) is 6.80. The van der Waals surface area contributed by atoms with Gasteiger partial charge in [0.15, 0.2) is 0 Å². The fraction of sp³-hybridized carbons (Fsp3) is 0.923. The number of hydrogen-bond donors (Lipinski definition) is 2. The van der Waals surface area contributed by atoms with Crippen LogP contribution >= 0.6 is 0 Å². The third-order valence-electron chi connectivity index (χ3n) is 4.01. The Morgan fingerprint density at radius 2 is 2.22 bits per heavy atom. The predicted molar refractivity (Wildman–Crippen MR) is 66.6 cm³/mol. The van der Waals surface area contributed by atoms with E-state index in [1.54, 1.807) is 7.05 Å². The van der Waals surface area contributed by atoms with Gasteiger partial charge in [0.1, 0.15) is 5.54 Å². The maximum atomic E-state index is 11.4. The number of carboxylic acid groups (broad SMARTS) is 1. The van der Waals surface area contributed by atoms with E-state index in [4.69, 9.17) is 9.47 Å². The monoisotopic (exact) mass is 257 g/mol. The number of carbonyl (C=O) groups is 1. The van der Waals surface area contributed by atoms with Crippen molar-refractivity contribution in [2.75, 3.05) is 26.9 Å². The van der Waals surface area contributed by atoms with Crippen LogP contribution in [0.1, 0.15) is 32.1 Å². The zero-order valence-corrected chi connectivity index (χ0v) is 11.0. The molecule has 2 aliphatic rings. The molecule has 0 radical (unpaired) electrons. The summed E-state index contributed by atoms with van der Waals surface area (Å²) in [7, 11) is 1.70. The number of carboxylic acids is 1. The van der Waals surface area contributed by atoms with Crippen LogP contribution in [0.5, 0.6) is 0 Å². The van der Waals surface area contributed by atoms with Gasteiger partial charge in [-0.1, -0.05) is 0 Å². The second kappa shape index (κ2) is 5.99. The molecule has 0 aromatic carbocycles. The Morgan fingerprint density at radius 3 is 2.72 bits per heavy atom. The molecule has 0 bridgehead atoms. The summed E-state index contributed by atoms with van der Waals surface area (Å²) in [6.07, 6.45) is 5.39. The normalized spacial score (nSPS) is 27.7. The van der Waals surface area contributed by atoms with E-state index in [0.717, 1.165) is 32.3 Å². The van der Waals surface area contributed by atoms with Crippen LogP contribution in [-0.4, -0.2) is 49.6 Å². The predicted octanol–water partition coefficient (Wildman–Crippen LogP) is 1.02. The van der Waals surface area contributed by atoms with Gasteiger partial charge in [-0.25, -0.2) is 0 Å². The molecule has 0 spiro atoms. The van der Waals surface area contributed by atoms with Crippen molar-refractivity contribution in [3.05, 3.63) is 0 Å². The molecule has 1 saturated heterocycles. The van der Waals surface area contributed by atoms with E-state index in [2.05, 4.69) is 5.32 Å². The van der Waals surface area contributed by atoms with Crippen molar-refractivity contribution in [2.24, 2.45) is 5.92 Å². The molecule has 2 rings (SSSR count). The van der Waals surface area contributed by atoms with Gasteiger partial charge in [0.25, 0.3) is 0 Å². The van der Waals surface area contributed by atoms with Crippen LogP contribution in [0.3, 0.4) is 0 Å². The molecule has 2 fully saturated rings. The lowest BCUT2D eigenvalue weighted by Crippen LogP contribution is -2.56. The Morgan fingerprint density at radius 1 is 1.44 bits per heavy atom. The van der Waals surface area contributed by atoms with E-state index in [1.165, 1.54) is 6.42 Å².